The van der Waals surface area contributed by atoms with Crippen LogP contribution in [0.4, 0.5) is 0 Å². The average Bonchev–Trinajstić information content (AvgIpc) is 3.04. The zero-order valence-electron chi connectivity index (χ0n) is 9.81. The Morgan fingerprint density at radius 2 is 2.21 bits per heavy atom. The Bertz CT molecular complexity index is 623. The van der Waals surface area contributed by atoms with Crippen LogP contribution in [0.2, 0.25) is 5.22 Å². The van der Waals surface area contributed by atoms with Crippen LogP contribution >= 0.6 is 11.6 Å². The lowest BCUT2D eigenvalue weighted by atomic mass is 10.2. The van der Waals surface area contributed by atoms with Crippen LogP contribution < -0.4 is 14.8 Å². The third kappa shape index (κ3) is 2.24. The third-order valence-corrected chi connectivity index (χ3v) is 3.07. The number of halogens is 1. The van der Waals surface area contributed by atoms with Gasteiger partial charge in [0.15, 0.2) is 11.5 Å². The molecule has 0 fully saturated rings. The highest BCUT2D eigenvalue weighted by Crippen LogP contribution is 2.35. The van der Waals surface area contributed by atoms with Gasteiger partial charge in [-0.05, 0) is 23.7 Å². The summed E-state index contributed by atoms with van der Waals surface area (Å²) < 4.78 is 15.5. The summed E-state index contributed by atoms with van der Waals surface area (Å²) in [6.45, 7) is 0.528. The normalized spacial score (nSPS) is 12.5. The van der Waals surface area contributed by atoms with Crippen molar-refractivity contribution in [2.45, 2.75) is 6.54 Å². The predicted octanol–water partition coefficient (Wildman–Crippen LogP) is 2.59. The van der Waals surface area contributed by atoms with E-state index in [-0.39, 0.29) is 17.9 Å². The molecule has 6 heteroatoms. The molecule has 1 amide bonds. The zero-order valence-corrected chi connectivity index (χ0v) is 10.6. The number of amides is 1. The van der Waals surface area contributed by atoms with Gasteiger partial charge in [0.1, 0.15) is 0 Å². The molecule has 0 radical (unpaired) electrons. The van der Waals surface area contributed by atoms with Crippen molar-refractivity contribution in [1.82, 2.24) is 5.32 Å². The SMILES string of the molecule is O=C(NCc1cccc2c1OCO2)c1ccoc1Cl. The summed E-state index contributed by atoms with van der Waals surface area (Å²) in [5.41, 5.74) is 1.16. The van der Waals surface area contributed by atoms with E-state index in [2.05, 4.69) is 5.32 Å². The maximum Gasteiger partial charge on any atom is 0.256 e. The molecular weight excluding hydrogens is 270 g/mol. The van der Waals surface area contributed by atoms with E-state index >= 15 is 0 Å². The second-order valence-electron chi connectivity index (χ2n) is 3.94. The van der Waals surface area contributed by atoms with E-state index in [0.717, 1.165) is 5.56 Å². The second kappa shape index (κ2) is 4.85. The summed E-state index contributed by atoms with van der Waals surface area (Å²) in [6.07, 6.45) is 1.37. The lowest BCUT2D eigenvalue weighted by Crippen LogP contribution is -2.22. The average molecular weight is 280 g/mol. The fourth-order valence-corrected chi connectivity index (χ4v) is 2.06. The number of rotatable bonds is 3. The Morgan fingerprint density at radius 3 is 3.00 bits per heavy atom. The number of para-hydroxylation sites is 1. The molecule has 0 unspecified atom stereocenters. The molecule has 2 heterocycles. The van der Waals surface area contributed by atoms with Crippen molar-refractivity contribution < 1.29 is 18.7 Å². The number of nitrogens with one attached hydrogen (secondary N) is 1. The summed E-state index contributed by atoms with van der Waals surface area (Å²) >= 11 is 5.74. The smallest absolute Gasteiger partial charge is 0.256 e. The first kappa shape index (κ1) is 11.9. The molecule has 5 nitrogen and oxygen atoms in total. The Morgan fingerprint density at radius 1 is 1.32 bits per heavy atom. The van der Waals surface area contributed by atoms with Gasteiger partial charge in [-0.2, -0.15) is 0 Å². The van der Waals surface area contributed by atoms with Crippen molar-refractivity contribution in [2.75, 3.05) is 6.79 Å². The molecule has 98 valence electrons. The minimum Gasteiger partial charge on any atom is -0.454 e. The van der Waals surface area contributed by atoms with E-state index < -0.39 is 0 Å². The van der Waals surface area contributed by atoms with Crippen molar-refractivity contribution in [3.05, 3.63) is 46.9 Å². The molecule has 3 rings (SSSR count). The minimum atomic E-state index is -0.296. The lowest BCUT2D eigenvalue weighted by molar-refractivity contribution is 0.0950. The van der Waals surface area contributed by atoms with Crippen LogP contribution in [0.15, 0.2) is 34.9 Å². The molecule has 0 saturated heterocycles. The molecule has 0 saturated carbocycles. The van der Waals surface area contributed by atoms with E-state index in [1.807, 2.05) is 18.2 Å². The van der Waals surface area contributed by atoms with E-state index in [9.17, 15) is 4.79 Å². The quantitative estimate of drug-likeness (QED) is 0.938. The monoisotopic (exact) mass is 279 g/mol. The van der Waals surface area contributed by atoms with Crippen molar-refractivity contribution in [2.24, 2.45) is 0 Å². The summed E-state index contributed by atoms with van der Waals surface area (Å²) in [5, 5.41) is 2.83. The largest absolute Gasteiger partial charge is 0.454 e. The van der Waals surface area contributed by atoms with Crippen molar-refractivity contribution in [3.8, 4) is 11.5 Å². The molecular formula is C13H10ClNO4. The Labute approximate surface area is 114 Å². The van der Waals surface area contributed by atoms with Gasteiger partial charge in [0.05, 0.1) is 11.8 Å². The minimum absolute atomic E-state index is 0.0790. The Hall–Kier alpha value is -2.14. The number of fused-ring (bicyclic) bond motifs is 1. The molecule has 0 atom stereocenters. The van der Waals surface area contributed by atoms with Crippen LogP contribution in [0.1, 0.15) is 15.9 Å². The summed E-state index contributed by atoms with van der Waals surface area (Å²) in [4.78, 5) is 11.9. The van der Waals surface area contributed by atoms with Crippen LogP contribution in [0.5, 0.6) is 11.5 Å². The number of furan rings is 1. The van der Waals surface area contributed by atoms with Crippen molar-refractivity contribution >= 4 is 17.5 Å². The van der Waals surface area contributed by atoms with Gasteiger partial charge in [-0.3, -0.25) is 4.79 Å². The van der Waals surface area contributed by atoms with Gasteiger partial charge in [-0.1, -0.05) is 12.1 Å². The third-order valence-electron chi connectivity index (χ3n) is 2.78. The fourth-order valence-electron chi connectivity index (χ4n) is 1.86. The van der Waals surface area contributed by atoms with Crippen molar-refractivity contribution in [1.29, 1.82) is 0 Å². The number of benzene rings is 1. The molecule has 0 spiro atoms. The van der Waals surface area contributed by atoms with Gasteiger partial charge in [0.25, 0.3) is 5.91 Å². The maximum absolute atomic E-state index is 11.9. The number of hydrogen-bond donors (Lipinski definition) is 1. The molecule has 19 heavy (non-hydrogen) atoms. The van der Waals surface area contributed by atoms with Gasteiger partial charge in [-0.25, -0.2) is 0 Å². The first-order chi connectivity index (χ1) is 9.25. The number of ether oxygens (including phenoxy) is 2. The maximum atomic E-state index is 11.9. The topological polar surface area (TPSA) is 60.7 Å². The first-order valence-electron chi connectivity index (χ1n) is 5.64. The van der Waals surface area contributed by atoms with Crippen LogP contribution in [-0.4, -0.2) is 12.7 Å². The van der Waals surface area contributed by atoms with Crippen molar-refractivity contribution in [3.63, 3.8) is 0 Å². The van der Waals surface area contributed by atoms with E-state index in [0.29, 0.717) is 23.6 Å². The highest BCUT2D eigenvalue weighted by Gasteiger charge is 2.18. The lowest BCUT2D eigenvalue weighted by Gasteiger charge is -2.07. The van der Waals surface area contributed by atoms with Crippen LogP contribution in [0.25, 0.3) is 0 Å². The molecule has 1 N–H and O–H groups in total. The molecule has 0 bridgehead atoms. The van der Waals surface area contributed by atoms with Crippen LogP contribution in [-0.2, 0) is 6.54 Å². The van der Waals surface area contributed by atoms with Gasteiger partial charge in [0.2, 0.25) is 12.0 Å². The Kier molecular flexibility index (Phi) is 3.05. The first-order valence-corrected chi connectivity index (χ1v) is 6.02. The van der Waals surface area contributed by atoms with E-state index in [1.165, 1.54) is 12.3 Å². The zero-order chi connectivity index (χ0) is 13.2. The molecule has 1 aromatic heterocycles. The molecule has 1 aliphatic heterocycles. The number of hydrogen-bond acceptors (Lipinski definition) is 4. The summed E-state index contributed by atoms with van der Waals surface area (Å²) in [7, 11) is 0. The predicted molar refractivity (Wildman–Crippen MR) is 67.5 cm³/mol. The molecule has 1 aliphatic rings. The highest BCUT2D eigenvalue weighted by molar-refractivity contribution is 6.32. The van der Waals surface area contributed by atoms with Gasteiger partial charge < -0.3 is 19.2 Å². The summed E-state index contributed by atoms with van der Waals surface area (Å²) in [6, 6.07) is 7.05. The standard InChI is InChI=1S/C13H10ClNO4/c14-12-9(4-5-17-12)13(16)15-6-8-2-1-3-10-11(8)19-7-18-10/h1-5H,6-7H2,(H,15,16). The van der Waals surface area contributed by atoms with Gasteiger partial charge in [-0.15, -0.1) is 0 Å². The molecule has 0 aliphatic carbocycles. The number of carbonyl (C=O) groups excluding carboxylic acids is 1. The molecule has 1 aromatic carbocycles. The van der Waals surface area contributed by atoms with Crippen LogP contribution in [0, 0.1) is 0 Å². The van der Waals surface area contributed by atoms with Crippen LogP contribution in [0.3, 0.4) is 0 Å². The number of carbonyl (C=O) groups is 1. The van der Waals surface area contributed by atoms with Gasteiger partial charge in [0, 0.05) is 12.1 Å². The fraction of sp³-hybridized carbons (Fsp3) is 0.154. The summed E-state index contributed by atoms with van der Waals surface area (Å²) in [5.74, 6) is 1.06. The van der Waals surface area contributed by atoms with E-state index in [1.54, 1.807) is 0 Å². The highest BCUT2D eigenvalue weighted by atomic mass is 35.5. The van der Waals surface area contributed by atoms with Gasteiger partial charge >= 0.3 is 0 Å². The van der Waals surface area contributed by atoms with E-state index in [4.69, 9.17) is 25.5 Å². The Balaban J connectivity index is 1.72. The molecule has 2 aromatic rings. The second-order valence-corrected chi connectivity index (χ2v) is 4.28.